The molecule has 0 aliphatic rings. The van der Waals surface area contributed by atoms with Gasteiger partial charge in [0.2, 0.25) is 0 Å². The molecular formula is C15H24Cl2IN3O2. The fourth-order valence-electron chi connectivity index (χ4n) is 1.64. The fraction of sp³-hybridized carbons (Fsp3) is 0.533. The van der Waals surface area contributed by atoms with Crippen LogP contribution in [-0.2, 0) is 16.0 Å². The van der Waals surface area contributed by atoms with Gasteiger partial charge in [0.05, 0.1) is 26.4 Å². The number of halogens is 3. The van der Waals surface area contributed by atoms with Crippen molar-refractivity contribution in [3.63, 3.8) is 0 Å². The van der Waals surface area contributed by atoms with Crippen LogP contribution in [0.4, 0.5) is 0 Å². The zero-order valence-electron chi connectivity index (χ0n) is 13.4. The minimum absolute atomic E-state index is 0. The predicted octanol–water partition coefficient (Wildman–Crippen LogP) is 3.33. The van der Waals surface area contributed by atoms with Crippen LogP contribution in [-0.4, -0.2) is 46.0 Å². The van der Waals surface area contributed by atoms with Crippen LogP contribution >= 0.6 is 47.2 Å². The monoisotopic (exact) mass is 475 g/mol. The van der Waals surface area contributed by atoms with Crippen molar-refractivity contribution in [2.45, 2.75) is 13.5 Å². The summed E-state index contributed by atoms with van der Waals surface area (Å²) < 4.78 is 10.3. The van der Waals surface area contributed by atoms with Crippen molar-refractivity contribution in [2.24, 2.45) is 4.99 Å². The van der Waals surface area contributed by atoms with Gasteiger partial charge in [-0.15, -0.1) is 24.0 Å². The van der Waals surface area contributed by atoms with E-state index in [1.54, 1.807) is 13.2 Å². The maximum absolute atomic E-state index is 6.14. The number of nitrogens with one attached hydrogen (secondary N) is 2. The summed E-state index contributed by atoms with van der Waals surface area (Å²) in [6.07, 6.45) is 0. The number of guanidine groups is 1. The molecule has 5 nitrogen and oxygen atoms in total. The van der Waals surface area contributed by atoms with Gasteiger partial charge in [0.1, 0.15) is 0 Å². The highest BCUT2D eigenvalue weighted by Gasteiger charge is 2.02. The standard InChI is InChI=1S/C15H23Cl2N3O2.HI/c1-3-18-15(19-6-7-22-9-8-21-2)20-11-12-4-5-13(16)10-14(12)17;/h4-5,10H,3,6-9,11H2,1-2H3,(H2,18,19,20);1H. The topological polar surface area (TPSA) is 54.9 Å². The SMILES string of the molecule is CCNC(=NCc1ccc(Cl)cc1Cl)NCCOCCOC.I. The summed E-state index contributed by atoms with van der Waals surface area (Å²) in [5.41, 5.74) is 0.930. The third-order valence-corrected chi connectivity index (χ3v) is 3.32. The number of aliphatic imine (C=N–C) groups is 1. The highest BCUT2D eigenvalue weighted by Crippen LogP contribution is 2.21. The van der Waals surface area contributed by atoms with E-state index < -0.39 is 0 Å². The van der Waals surface area contributed by atoms with Crippen molar-refractivity contribution in [3.05, 3.63) is 33.8 Å². The van der Waals surface area contributed by atoms with Crippen LogP contribution in [0.25, 0.3) is 0 Å². The van der Waals surface area contributed by atoms with E-state index in [2.05, 4.69) is 15.6 Å². The minimum Gasteiger partial charge on any atom is -0.382 e. The first-order chi connectivity index (χ1) is 10.7. The zero-order valence-corrected chi connectivity index (χ0v) is 17.2. The van der Waals surface area contributed by atoms with E-state index in [9.17, 15) is 0 Å². The van der Waals surface area contributed by atoms with E-state index in [0.29, 0.717) is 43.0 Å². The number of benzene rings is 1. The summed E-state index contributed by atoms with van der Waals surface area (Å²) in [5.74, 6) is 0.726. The van der Waals surface area contributed by atoms with Gasteiger partial charge >= 0.3 is 0 Å². The van der Waals surface area contributed by atoms with Crippen LogP contribution in [0.2, 0.25) is 10.0 Å². The van der Waals surface area contributed by atoms with E-state index in [-0.39, 0.29) is 24.0 Å². The summed E-state index contributed by atoms with van der Waals surface area (Å²) in [7, 11) is 1.65. The maximum Gasteiger partial charge on any atom is 0.191 e. The summed E-state index contributed by atoms with van der Waals surface area (Å²) in [6.45, 7) is 5.73. The molecule has 0 bridgehead atoms. The molecule has 0 saturated heterocycles. The maximum atomic E-state index is 6.14. The van der Waals surface area contributed by atoms with Crippen molar-refractivity contribution >= 4 is 53.1 Å². The number of hydrogen-bond acceptors (Lipinski definition) is 3. The second-order valence-electron chi connectivity index (χ2n) is 4.46. The van der Waals surface area contributed by atoms with Gasteiger partial charge in [-0.05, 0) is 24.6 Å². The van der Waals surface area contributed by atoms with Crippen LogP contribution in [0.5, 0.6) is 0 Å². The number of methoxy groups -OCH3 is 1. The number of rotatable bonds is 9. The van der Waals surface area contributed by atoms with Gasteiger partial charge < -0.3 is 20.1 Å². The highest BCUT2D eigenvalue weighted by atomic mass is 127. The van der Waals surface area contributed by atoms with Gasteiger partial charge in [0, 0.05) is 30.2 Å². The smallest absolute Gasteiger partial charge is 0.191 e. The van der Waals surface area contributed by atoms with Crippen LogP contribution in [0.3, 0.4) is 0 Å². The molecular weight excluding hydrogens is 452 g/mol. The molecule has 23 heavy (non-hydrogen) atoms. The molecule has 0 radical (unpaired) electrons. The Morgan fingerprint density at radius 1 is 1.17 bits per heavy atom. The summed E-state index contributed by atoms with van der Waals surface area (Å²) >= 11 is 12.0. The number of ether oxygens (including phenoxy) is 2. The molecule has 0 atom stereocenters. The largest absolute Gasteiger partial charge is 0.382 e. The molecule has 1 aromatic rings. The lowest BCUT2D eigenvalue weighted by atomic mass is 10.2. The lowest BCUT2D eigenvalue weighted by Gasteiger charge is -2.12. The van der Waals surface area contributed by atoms with E-state index in [1.807, 2.05) is 19.1 Å². The van der Waals surface area contributed by atoms with Crippen LogP contribution < -0.4 is 10.6 Å². The molecule has 0 aromatic heterocycles. The molecule has 8 heteroatoms. The van der Waals surface area contributed by atoms with E-state index in [1.165, 1.54) is 0 Å². The first-order valence-corrected chi connectivity index (χ1v) is 7.95. The average molecular weight is 476 g/mol. The van der Waals surface area contributed by atoms with Gasteiger partial charge in [-0.2, -0.15) is 0 Å². The quantitative estimate of drug-likeness (QED) is 0.249. The summed E-state index contributed by atoms with van der Waals surface area (Å²) in [5, 5.41) is 7.62. The summed E-state index contributed by atoms with van der Waals surface area (Å²) in [4.78, 5) is 4.49. The van der Waals surface area contributed by atoms with E-state index >= 15 is 0 Å². The van der Waals surface area contributed by atoms with Gasteiger partial charge in [-0.3, -0.25) is 0 Å². The summed E-state index contributed by atoms with van der Waals surface area (Å²) in [6, 6.07) is 5.41. The van der Waals surface area contributed by atoms with Crippen molar-refractivity contribution in [1.29, 1.82) is 0 Å². The molecule has 0 fully saturated rings. The normalized spacial score (nSPS) is 11.0. The van der Waals surface area contributed by atoms with Crippen molar-refractivity contribution in [3.8, 4) is 0 Å². The van der Waals surface area contributed by atoms with Crippen LogP contribution in [0, 0.1) is 0 Å². The number of nitrogens with zero attached hydrogens (tertiary/aromatic N) is 1. The van der Waals surface area contributed by atoms with Crippen molar-refractivity contribution < 1.29 is 9.47 Å². The predicted molar refractivity (Wildman–Crippen MR) is 107 cm³/mol. The molecule has 132 valence electrons. The Bertz CT molecular complexity index is 476. The number of hydrogen-bond donors (Lipinski definition) is 2. The third-order valence-electron chi connectivity index (χ3n) is 2.74. The van der Waals surface area contributed by atoms with E-state index in [0.717, 1.165) is 18.1 Å². The Morgan fingerprint density at radius 2 is 1.96 bits per heavy atom. The molecule has 0 spiro atoms. The first kappa shape index (κ1) is 22.7. The molecule has 0 heterocycles. The highest BCUT2D eigenvalue weighted by molar-refractivity contribution is 14.0. The molecule has 0 aliphatic carbocycles. The molecule has 0 aliphatic heterocycles. The molecule has 1 aromatic carbocycles. The molecule has 0 amide bonds. The Balaban J connectivity index is 0.00000484. The second kappa shape index (κ2) is 14.1. The van der Waals surface area contributed by atoms with Crippen molar-refractivity contribution in [1.82, 2.24) is 10.6 Å². The second-order valence-corrected chi connectivity index (χ2v) is 5.31. The first-order valence-electron chi connectivity index (χ1n) is 7.20. The Kier molecular flexibility index (Phi) is 13.9. The molecule has 0 saturated carbocycles. The molecule has 0 unspecified atom stereocenters. The minimum atomic E-state index is 0. The Hall–Kier alpha value is -0.280. The van der Waals surface area contributed by atoms with E-state index in [4.69, 9.17) is 32.7 Å². The van der Waals surface area contributed by atoms with Crippen molar-refractivity contribution in [2.75, 3.05) is 40.0 Å². The average Bonchev–Trinajstić information content (AvgIpc) is 2.49. The van der Waals surface area contributed by atoms with Gasteiger partial charge in [-0.1, -0.05) is 29.3 Å². The Labute approximate surface area is 165 Å². The molecule has 2 N–H and O–H groups in total. The lowest BCUT2D eigenvalue weighted by molar-refractivity contribution is 0.0733. The van der Waals surface area contributed by atoms with Crippen LogP contribution in [0.1, 0.15) is 12.5 Å². The van der Waals surface area contributed by atoms with Gasteiger partial charge in [-0.25, -0.2) is 4.99 Å². The zero-order chi connectivity index (χ0) is 16.2. The van der Waals surface area contributed by atoms with Gasteiger partial charge in [0.15, 0.2) is 5.96 Å². The van der Waals surface area contributed by atoms with Crippen LogP contribution in [0.15, 0.2) is 23.2 Å². The fourth-order valence-corrected chi connectivity index (χ4v) is 2.11. The lowest BCUT2D eigenvalue weighted by Crippen LogP contribution is -2.39. The Morgan fingerprint density at radius 3 is 2.61 bits per heavy atom. The molecule has 1 rings (SSSR count). The van der Waals surface area contributed by atoms with Gasteiger partial charge in [0.25, 0.3) is 0 Å². The third kappa shape index (κ3) is 10.2.